The Morgan fingerprint density at radius 1 is 0.778 bits per heavy atom. The van der Waals surface area contributed by atoms with Gasteiger partial charge >= 0.3 is 5.97 Å². The molecule has 0 saturated heterocycles. The van der Waals surface area contributed by atoms with Gasteiger partial charge in [0.05, 0.1) is 6.04 Å². The predicted octanol–water partition coefficient (Wildman–Crippen LogP) is 0.924. The highest BCUT2D eigenvalue weighted by molar-refractivity contribution is 7.80. The van der Waals surface area contributed by atoms with E-state index in [1.807, 2.05) is 36.4 Å². The number of carbonyl (C=O) groups excluding carboxylic acids is 3. The standard InChI is InChI=1S/C26H34N4O5S/c1-16(2)22(26(34)35)30-24(32)20(14-18-11-7-4-8-12-18)28-25(33)21(15-36)29-23(31)19(27)13-17-9-5-3-6-10-17/h3-12,16,19-22,36H,13-15,27H2,1-2H3,(H,28,33)(H,29,31)(H,30,32)(H,34,35). The Morgan fingerprint density at radius 3 is 1.72 bits per heavy atom. The molecule has 2 aromatic rings. The zero-order valence-corrected chi connectivity index (χ0v) is 21.3. The van der Waals surface area contributed by atoms with E-state index in [1.54, 1.807) is 38.1 Å². The summed E-state index contributed by atoms with van der Waals surface area (Å²) >= 11 is 4.19. The van der Waals surface area contributed by atoms with E-state index in [1.165, 1.54) is 0 Å². The second kappa shape index (κ2) is 14.3. The molecule has 0 radical (unpaired) electrons. The van der Waals surface area contributed by atoms with Gasteiger partial charge in [0, 0.05) is 12.2 Å². The van der Waals surface area contributed by atoms with Crippen molar-refractivity contribution in [3.8, 4) is 0 Å². The van der Waals surface area contributed by atoms with Crippen molar-refractivity contribution in [2.45, 2.75) is 50.9 Å². The highest BCUT2D eigenvalue weighted by Crippen LogP contribution is 2.08. The van der Waals surface area contributed by atoms with Crippen molar-refractivity contribution < 1.29 is 24.3 Å². The molecule has 0 heterocycles. The normalized spacial score (nSPS) is 14.2. The van der Waals surface area contributed by atoms with Crippen molar-refractivity contribution in [3.63, 3.8) is 0 Å². The Hall–Kier alpha value is -3.37. The number of thiol groups is 1. The summed E-state index contributed by atoms with van der Waals surface area (Å²) in [5.41, 5.74) is 7.68. The van der Waals surface area contributed by atoms with Gasteiger partial charge in [-0.1, -0.05) is 74.5 Å². The van der Waals surface area contributed by atoms with Gasteiger partial charge in [0.1, 0.15) is 18.1 Å². The summed E-state index contributed by atoms with van der Waals surface area (Å²) in [4.78, 5) is 50.3. The van der Waals surface area contributed by atoms with Crippen LogP contribution in [0.1, 0.15) is 25.0 Å². The Balaban J connectivity index is 2.11. The number of hydrogen-bond acceptors (Lipinski definition) is 6. The average molecular weight is 515 g/mol. The molecular formula is C26H34N4O5S. The van der Waals surface area contributed by atoms with Gasteiger partial charge < -0.3 is 26.8 Å². The van der Waals surface area contributed by atoms with E-state index >= 15 is 0 Å². The van der Waals surface area contributed by atoms with Crippen LogP contribution in [0.5, 0.6) is 0 Å². The van der Waals surface area contributed by atoms with Crippen LogP contribution < -0.4 is 21.7 Å². The minimum atomic E-state index is -1.17. The first kappa shape index (κ1) is 28.9. The van der Waals surface area contributed by atoms with Gasteiger partial charge in [0.25, 0.3) is 0 Å². The largest absolute Gasteiger partial charge is 0.480 e. The highest BCUT2D eigenvalue weighted by atomic mass is 32.1. The Bertz CT molecular complexity index is 1020. The quantitative estimate of drug-likeness (QED) is 0.219. The molecule has 4 atom stereocenters. The number of hydrogen-bond donors (Lipinski definition) is 6. The lowest BCUT2D eigenvalue weighted by Gasteiger charge is -2.25. The third-order valence-corrected chi connectivity index (χ3v) is 5.96. The first-order valence-corrected chi connectivity index (χ1v) is 12.3. The lowest BCUT2D eigenvalue weighted by molar-refractivity contribution is -0.143. The van der Waals surface area contributed by atoms with Crippen molar-refractivity contribution in [3.05, 3.63) is 71.8 Å². The summed E-state index contributed by atoms with van der Waals surface area (Å²) in [6.45, 7) is 3.35. The van der Waals surface area contributed by atoms with Crippen molar-refractivity contribution in [1.29, 1.82) is 0 Å². The molecule has 0 aromatic heterocycles. The lowest BCUT2D eigenvalue weighted by atomic mass is 10.0. The molecule has 4 unspecified atom stereocenters. The van der Waals surface area contributed by atoms with E-state index < -0.39 is 47.9 Å². The van der Waals surface area contributed by atoms with Gasteiger partial charge in [-0.3, -0.25) is 14.4 Å². The summed E-state index contributed by atoms with van der Waals surface area (Å²) in [7, 11) is 0. The average Bonchev–Trinajstić information content (AvgIpc) is 2.85. The van der Waals surface area contributed by atoms with Crippen molar-refractivity contribution >= 4 is 36.3 Å². The molecule has 0 aliphatic rings. The van der Waals surface area contributed by atoms with E-state index in [0.29, 0.717) is 6.42 Å². The van der Waals surface area contributed by atoms with Crippen molar-refractivity contribution in [2.24, 2.45) is 11.7 Å². The van der Waals surface area contributed by atoms with Gasteiger partial charge in [0.2, 0.25) is 17.7 Å². The molecule has 0 bridgehead atoms. The molecule has 0 aliphatic heterocycles. The van der Waals surface area contributed by atoms with Gasteiger partial charge in [-0.25, -0.2) is 4.79 Å². The van der Waals surface area contributed by atoms with E-state index in [4.69, 9.17) is 5.73 Å². The van der Waals surface area contributed by atoms with Crippen LogP contribution in [0, 0.1) is 5.92 Å². The first-order valence-electron chi connectivity index (χ1n) is 11.7. The van der Waals surface area contributed by atoms with E-state index in [2.05, 4.69) is 28.6 Å². The fourth-order valence-electron chi connectivity index (χ4n) is 3.53. The first-order chi connectivity index (χ1) is 17.1. The lowest BCUT2D eigenvalue weighted by Crippen LogP contribution is -2.58. The van der Waals surface area contributed by atoms with E-state index in [9.17, 15) is 24.3 Å². The molecule has 0 aliphatic carbocycles. The maximum atomic E-state index is 13.0. The molecule has 0 spiro atoms. The van der Waals surface area contributed by atoms with E-state index in [-0.39, 0.29) is 18.1 Å². The fraction of sp³-hybridized carbons (Fsp3) is 0.385. The van der Waals surface area contributed by atoms with Gasteiger partial charge in [-0.05, 0) is 23.5 Å². The zero-order chi connectivity index (χ0) is 26.7. The molecular weight excluding hydrogens is 480 g/mol. The number of benzene rings is 2. The third kappa shape index (κ3) is 9.01. The van der Waals surface area contributed by atoms with Crippen LogP contribution in [0.15, 0.2) is 60.7 Å². The van der Waals surface area contributed by atoms with Crippen molar-refractivity contribution in [2.75, 3.05) is 5.75 Å². The zero-order valence-electron chi connectivity index (χ0n) is 20.4. The number of carboxylic acid groups (broad SMARTS) is 1. The number of nitrogens with one attached hydrogen (secondary N) is 3. The number of amides is 3. The van der Waals surface area contributed by atoms with Gasteiger partial charge in [-0.15, -0.1) is 0 Å². The van der Waals surface area contributed by atoms with Crippen LogP contribution in [0.2, 0.25) is 0 Å². The topological polar surface area (TPSA) is 151 Å². The molecule has 0 saturated carbocycles. The monoisotopic (exact) mass is 514 g/mol. The van der Waals surface area contributed by atoms with Crippen LogP contribution in [0.25, 0.3) is 0 Å². The summed E-state index contributed by atoms with van der Waals surface area (Å²) in [6.07, 6.45) is 0.419. The SMILES string of the molecule is CC(C)C(NC(=O)C(Cc1ccccc1)NC(=O)C(CS)NC(=O)C(N)Cc1ccccc1)C(=O)O. The number of carbonyl (C=O) groups is 4. The molecule has 194 valence electrons. The summed E-state index contributed by atoms with van der Waals surface area (Å²) in [5.74, 6) is -3.36. The Kier molecular flexibility index (Phi) is 11.4. The summed E-state index contributed by atoms with van der Waals surface area (Å²) in [6, 6.07) is 14.1. The van der Waals surface area contributed by atoms with Crippen LogP contribution >= 0.6 is 12.6 Å². The Labute approximate surface area is 216 Å². The predicted molar refractivity (Wildman–Crippen MR) is 140 cm³/mol. The molecule has 6 N–H and O–H groups in total. The number of carboxylic acids is 1. The number of nitrogens with two attached hydrogens (primary N) is 1. The molecule has 9 nitrogen and oxygen atoms in total. The maximum absolute atomic E-state index is 13.0. The summed E-state index contributed by atoms with van der Waals surface area (Å²) in [5, 5.41) is 17.2. The van der Waals surface area contributed by atoms with Crippen molar-refractivity contribution in [1.82, 2.24) is 16.0 Å². The van der Waals surface area contributed by atoms with Gasteiger partial charge in [0.15, 0.2) is 0 Å². The molecule has 2 rings (SSSR count). The van der Waals surface area contributed by atoms with Gasteiger partial charge in [-0.2, -0.15) is 12.6 Å². The molecule has 36 heavy (non-hydrogen) atoms. The second-order valence-corrected chi connectivity index (χ2v) is 9.22. The molecule has 3 amide bonds. The third-order valence-electron chi connectivity index (χ3n) is 5.60. The van der Waals surface area contributed by atoms with Crippen LogP contribution in [0.3, 0.4) is 0 Å². The summed E-state index contributed by atoms with van der Waals surface area (Å²) < 4.78 is 0. The minimum Gasteiger partial charge on any atom is -0.480 e. The van der Waals surface area contributed by atoms with Crippen LogP contribution in [-0.2, 0) is 32.0 Å². The Morgan fingerprint density at radius 2 is 1.25 bits per heavy atom. The van der Waals surface area contributed by atoms with Crippen LogP contribution in [0.4, 0.5) is 0 Å². The maximum Gasteiger partial charge on any atom is 0.326 e. The minimum absolute atomic E-state index is 0.0287. The fourth-order valence-corrected chi connectivity index (χ4v) is 3.79. The van der Waals surface area contributed by atoms with E-state index in [0.717, 1.165) is 11.1 Å². The number of rotatable bonds is 13. The smallest absolute Gasteiger partial charge is 0.326 e. The molecule has 10 heteroatoms. The van der Waals surface area contributed by atoms with Crippen LogP contribution in [-0.4, -0.2) is 58.7 Å². The number of aliphatic carboxylic acids is 1. The molecule has 2 aromatic carbocycles. The highest BCUT2D eigenvalue weighted by Gasteiger charge is 2.31. The molecule has 0 fully saturated rings. The second-order valence-electron chi connectivity index (χ2n) is 8.86.